The fraction of sp³-hybridized carbons (Fsp3) is 0.650. The van der Waals surface area contributed by atoms with Crippen LogP contribution in [0.4, 0.5) is 0 Å². The van der Waals surface area contributed by atoms with E-state index in [1.807, 2.05) is 6.07 Å². The number of hydrogen-bond donors (Lipinski definition) is 2. The van der Waals surface area contributed by atoms with E-state index in [2.05, 4.69) is 46.7 Å². The van der Waals surface area contributed by atoms with Crippen LogP contribution >= 0.6 is 0 Å². The van der Waals surface area contributed by atoms with Gasteiger partial charge in [-0.15, -0.1) is 0 Å². The molecule has 1 aromatic rings. The summed E-state index contributed by atoms with van der Waals surface area (Å²) in [5.74, 6) is 0.874. The van der Waals surface area contributed by atoms with E-state index in [1.54, 1.807) is 0 Å². The number of amides is 1. The van der Waals surface area contributed by atoms with Crippen molar-refractivity contribution in [1.29, 1.82) is 0 Å². The predicted molar refractivity (Wildman–Crippen MR) is 99.3 cm³/mol. The van der Waals surface area contributed by atoms with Crippen molar-refractivity contribution in [3.8, 4) is 0 Å². The minimum absolute atomic E-state index is 0.0647. The fourth-order valence-electron chi connectivity index (χ4n) is 3.39. The molecule has 0 spiro atoms. The second-order valence-corrected chi connectivity index (χ2v) is 7.29. The molecule has 1 heterocycles. The van der Waals surface area contributed by atoms with Gasteiger partial charge in [0.2, 0.25) is 5.91 Å². The van der Waals surface area contributed by atoms with E-state index < -0.39 is 0 Å². The molecule has 2 atom stereocenters. The van der Waals surface area contributed by atoms with Crippen molar-refractivity contribution in [2.45, 2.75) is 44.9 Å². The van der Waals surface area contributed by atoms with Crippen LogP contribution < -0.4 is 10.6 Å². The average Bonchev–Trinajstić information content (AvgIpc) is 3.45. The normalized spacial score (nSPS) is 22.5. The summed E-state index contributed by atoms with van der Waals surface area (Å²) in [6, 6.07) is 10.6. The molecule has 1 saturated carbocycles. The Bertz CT molecular complexity index is 533. The van der Waals surface area contributed by atoms with E-state index in [4.69, 9.17) is 4.74 Å². The molecule has 25 heavy (non-hydrogen) atoms. The van der Waals surface area contributed by atoms with E-state index in [0.29, 0.717) is 6.54 Å². The van der Waals surface area contributed by atoms with Gasteiger partial charge in [0.15, 0.2) is 0 Å². The van der Waals surface area contributed by atoms with Crippen molar-refractivity contribution in [3.63, 3.8) is 0 Å². The molecular weight excluding hydrogens is 314 g/mol. The summed E-state index contributed by atoms with van der Waals surface area (Å²) in [4.78, 5) is 14.6. The molecular formula is C20H31N3O2. The van der Waals surface area contributed by atoms with E-state index in [9.17, 15) is 4.79 Å². The molecule has 0 aromatic heterocycles. The molecule has 1 aliphatic heterocycles. The first-order valence-electron chi connectivity index (χ1n) is 9.62. The summed E-state index contributed by atoms with van der Waals surface area (Å²) in [5.41, 5.74) is 1.32. The van der Waals surface area contributed by atoms with Gasteiger partial charge in [-0.05, 0) is 37.3 Å². The van der Waals surface area contributed by atoms with Crippen LogP contribution in [-0.4, -0.2) is 55.7 Å². The Kier molecular flexibility index (Phi) is 6.84. The molecule has 1 saturated heterocycles. The Morgan fingerprint density at radius 2 is 2.12 bits per heavy atom. The molecule has 5 heteroatoms. The molecule has 0 bridgehead atoms. The fourth-order valence-corrected chi connectivity index (χ4v) is 3.39. The summed E-state index contributed by atoms with van der Waals surface area (Å²) < 4.78 is 5.98. The Morgan fingerprint density at radius 1 is 1.32 bits per heavy atom. The third-order valence-corrected chi connectivity index (χ3v) is 5.08. The van der Waals surface area contributed by atoms with Crippen LogP contribution in [0.2, 0.25) is 0 Å². The lowest BCUT2D eigenvalue weighted by Gasteiger charge is -2.37. The zero-order chi connectivity index (χ0) is 17.5. The minimum atomic E-state index is 0.0647. The quantitative estimate of drug-likeness (QED) is 0.716. The van der Waals surface area contributed by atoms with E-state index in [0.717, 1.165) is 45.1 Å². The second-order valence-electron chi connectivity index (χ2n) is 7.29. The van der Waals surface area contributed by atoms with Crippen LogP contribution in [0.1, 0.15) is 31.7 Å². The number of nitrogens with zero attached hydrogens (tertiary/aromatic N) is 1. The second kappa shape index (κ2) is 9.32. The molecule has 1 aromatic carbocycles. The highest BCUT2D eigenvalue weighted by atomic mass is 16.5. The maximum Gasteiger partial charge on any atom is 0.234 e. The molecule has 1 amide bonds. The van der Waals surface area contributed by atoms with E-state index in [-0.39, 0.29) is 18.1 Å². The SMILES string of the molecule is CCC(NC(=O)CNCC1CC1)C1CN(Cc2ccccc2)CCO1. The van der Waals surface area contributed by atoms with Crippen molar-refractivity contribution >= 4 is 5.91 Å². The molecule has 2 unspecified atom stereocenters. The van der Waals surface area contributed by atoms with Gasteiger partial charge in [0, 0.05) is 19.6 Å². The van der Waals surface area contributed by atoms with Gasteiger partial charge in [-0.2, -0.15) is 0 Å². The first-order chi connectivity index (χ1) is 12.2. The standard InChI is InChI=1S/C20H31N3O2/c1-2-18(22-20(24)13-21-12-16-8-9-16)19-15-23(10-11-25-19)14-17-6-4-3-5-7-17/h3-7,16,18-19,21H,2,8-15H2,1H3,(H,22,24). The molecule has 0 radical (unpaired) electrons. The topological polar surface area (TPSA) is 53.6 Å². The largest absolute Gasteiger partial charge is 0.373 e. The summed E-state index contributed by atoms with van der Waals surface area (Å²) in [6.45, 7) is 6.96. The number of benzene rings is 1. The number of carbonyl (C=O) groups excluding carboxylic acids is 1. The monoisotopic (exact) mass is 345 g/mol. The van der Waals surface area contributed by atoms with Gasteiger partial charge in [0.1, 0.15) is 0 Å². The van der Waals surface area contributed by atoms with Gasteiger partial charge in [0.05, 0.1) is 25.3 Å². The Morgan fingerprint density at radius 3 is 2.84 bits per heavy atom. The lowest BCUT2D eigenvalue weighted by Crippen LogP contribution is -2.54. The average molecular weight is 345 g/mol. The molecule has 5 nitrogen and oxygen atoms in total. The van der Waals surface area contributed by atoms with Crippen LogP contribution in [0.25, 0.3) is 0 Å². The highest BCUT2D eigenvalue weighted by Crippen LogP contribution is 2.27. The van der Waals surface area contributed by atoms with Gasteiger partial charge in [-0.25, -0.2) is 0 Å². The van der Waals surface area contributed by atoms with Crippen LogP contribution in [0.3, 0.4) is 0 Å². The van der Waals surface area contributed by atoms with Gasteiger partial charge < -0.3 is 15.4 Å². The highest BCUT2D eigenvalue weighted by Gasteiger charge is 2.28. The summed E-state index contributed by atoms with van der Waals surface area (Å²) >= 11 is 0. The smallest absolute Gasteiger partial charge is 0.234 e. The Balaban J connectivity index is 1.45. The third-order valence-electron chi connectivity index (χ3n) is 5.08. The molecule has 2 fully saturated rings. The summed E-state index contributed by atoms with van der Waals surface area (Å²) in [7, 11) is 0. The number of rotatable bonds is 9. The highest BCUT2D eigenvalue weighted by molar-refractivity contribution is 5.78. The van der Waals surface area contributed by atoms with Crippen LogP contribution in [0.5, 0.6) is 0 Å². The number of nitrogens with one attached hydrogen (secondary N) is 2. The number of hydrogen-bond acceptors (Lipinski definition) is 4. The van der Waals surface area contributed by atoms with Gasteiger partial charge in [-0.3, -0.25) is 9.69 Å². The van der Waals surface area contributed by atoms with Crippen molar-refractivity contribution in [2.24, 2.45) is 5.92 Å². The third kappa shape index (κ3) is 6.10. The molecule has 2 aliphatic rings. The summed E-state index contributed by atoms with van der Waals surface area (Å²) in [6.07, 6.45) is 3.56. The maximum absolute atomic E-state index is 12.2. The van der Waals surface area contributed by atoms with Crippen LogP contribution in [-0.2, 0) is 16.1 Å². The lowest BCUT2D eigenvalue weighted by molar-refractivity contribution is -0.123. The molecule has 138 valence electrons. The maximum atomic E-state index is 12.2. The number of ether oxygens (including phenoxy) is 1. The van der Waals surface area contributed by atoms with Crippen molar-refractivity contribution in [3.05, 3.63) is 35.9 Å². The first kappa shape index (κ1) is 18.4. The molecule has 2 N–H and O–H groups in total. The van der Waals surface area contributed by atoms with Crippen molar-refractivity contribution in [2.75, 3.05) is 32.8 Å². The predicted octanol–water partition coefficient (Wildman–Crippen LogP) is 1.78. The van der Waals surface area contributed by atoms with Gasteiger partial charge >= 0.3 is 0 Å². The van der Waals surface area contributed by atoms with Crippen molar-refractivity contribution in [1.82, 2.24) is 15.5 Å². The summed E-state index contributed by atoms with van der Waals surface area (Å²) in [5, 5.41) is 6.42. The molecule has 3 rings (SSSR count). The van der Waals surface area contributed by atoms with E-state index >= 15 is 0 Å². The van der Waals surface area contributed by atoms with Gasteiger partial charge in [-0.1, -0.05) is 37.3 Å². The minimum Gasteiger partial charge on any atom is -0.373 e. The Hall–Kier alpha value is -1.43. The first-order valence-corrected chi connectivity index (χ1v) is 9.62. The zero-order valence-electron chi connectivity index (χ0n) is 15.2. The number of carbonyl (C=O) groups is 1. The van der Waals surface area contributed by atoms with Crippen LogP contribution in [0.15, 0.2) is 30.3 Å². The van der Waals surface area contributed by atoms with E-state index in [1.165, 1.54) is 18.4 Å². The zero-order valence-corrected chi connectivity index (χ0v) is 15.2. The van der Waals surface area contributed by atoms with Gasteiger partial charge in [0.25, 0.3) is 0 Å². The molecule has 1 aliphatic carbocycles. The lowest BCUT2D eigenvalue weighted by atomic mass is 10.1. The number of morpholine rings is 1. The Labute approximate surface area is 151 Å². The van der Waals surface area contributed by atoms with Crippen LogP contribution in [0, 0.1) is 5.92 Å². The van der Waals surface area contributed by atoms with Crippen molar-refractivity contribution < 1.29 is 9.53 Å².